The molecule has 0 radical (unpaired) electrons. The fourth-order valence-corrected chi connectivity index (χ4v) is 2.39. The topological polar surface area (TPSA) is 75.0 Å². The standard InChI is InChI=1S/C19H16O6/c1-3-23-19(21)25-14-8-9-15-17(10-14)24-11-16(18(15)20)12-4-6-13(22-2)7-5-12/h4-11H,3H2,1-2H3. The zero-order valence-corrected chi connectivity index (χ0v) is 13.8. The third kappa shape index (κ3) is 3.47. The highest BCUT2D eigenvalue weighted by atomic mass is 16.7. The minimum absolute atomic E-state index is 0.172. The molecule has 0 saturated heterocycles. The van der Waals surface area contributed by atoms with Gasteiger partial charge in [0.05, 0.1) is 24.7 Å². The quantitative estimate of drug-likeness (QED) is 0.528. The fourth-order valence-electron chi connectivity index (χ4n) is 2.39. The molecule has 0 amide bonds. The summed E-state index contributed by atoms with van der Waals surface area (Å²) in [5.74, 6) is 0.945. The van der Waals surface area contributed by atoms with Crippen LogP contribution >= 0.6 is 0 Å². The highest BCUT2D eigenvalue weighted by Crippen LogP contribution is 2.24. The van der Waals surface area contributed by atoms with Gasteiger partial charge in [0.15, 0.2) is 5.43 Å². The summed E-state index contributed by atoms with van der Waals surface area (Å²) in [5, 5.41) is 0.393. The van der Waals surface area contributed by atoms with Crippen LogP contribution in [0.15, 0.2) is 57.9 Å². The summed E-state index contributed by atoms with van der Waals surface area (Å²) in [6.07, 6.45) is 0.583. The first-order valence-electron chi connectivity index (χ1n) is 7.67. The lowest BCUT2D eigenvalue weighted by Crippen LogP contribution is -2.10. The minimum Gasteiger partial charge on any atom is -0.497 e. The fraction of sp³-hybridized carbons (Fsp3) is 0.158. The molecule has 3 rings (SSSR count). The third-order valence-electron chi connectivity index (χ3n) is 3.61. The van der Waals surface area contributed by atoms with Crippen molar-refractivity contribution in [1.29, 1.82) is 0 Å². The van der Waals surface area contributed by atoms with E-state index in [0.29, 0.717) is 22.3 Å². The van der Waals surface area contributed by atoms with E-state index >= 15 is 0 Å². The van der Waals surface area contributed by atoms with Crippen LogP contribution in [0.2, 0.25) is 0 Å². The van der Waals surface area contributed by atoms with Crippen LogP contribution < -0.4 is 14.9 Å². The van der Waals surface area contributed by atoms with Gasteiger partial charge in [-0.05, 0) is 36.8 Å². The molecular weight excluding hydrogens is 324 g/mol. The first-order chi connectivity index (χ1) is 12.1. The molecule has 0 aliphatic carbocycles. The molecule has 0 N–H and O–H groups in total. The average Bonchev–Trinajstić information content (AvgIpc) is 2.62. The van der Waals surface area contributed by atoms with Crippen LogP contribution in [0.5, 0.6) is 11.5 Å². The molecule has 0 saturated carbocycles. The predicted molar refractivity (Wildman–Crippen MR) is 92.1 cm³/mol. The largest absolute Gasteiger partial charge is 0.513 e. The van der Waals surface area contributed by atoms with Crippen molar-refractivity contribution in [2.75, 3.05) is 13.7 Å². The van der Waals surface area contributed by atoms with Crippen LogP contribution in [0.1, 0.15) is 6.92 Å². The molecule has 25 heavy (non-hydrogen) atoms. The SMILES string of the molecule is CCOC(=O)Oc1ccc2c(=O)c(-c3ccc(OC)cc3)coc2c1. The lowest BCUT2D eigenvalue weighted by Gasteiger charge is -2.06. The summed E-state index contributed by atoms with van der Waals surface area (Å²) >= 11 is 0. The second kappa shape index (κ2) is 7.09. The molecule has 128 valence electrons. The Bertz CT molecular complexity index is 956. The zero-order valence-electron chi connectivity index (χ0n) is 13.8. The van der Waals surface area contributed by atoms with Crippen molar-refractivity contribution in [3.8, 4) is 22.6 Å². The molecule has 1 heterocycles. The van der Waals surface area contributed by atoms with Crippen molar-refractivity contribution in [1.82, 2.24) is 0 Å². The molecule has 6 nitrogen and oxygen atoms in total. The third-order valence-corrected chi connectivity index (χ3v) is 3.61. The molecule has 2 aromatic carbocycles. The second-order valence-electron chi connectivity index (χ2n) is 5.15. The van der Waals surface area contributed by atoms with Crippen LogP contribution in [0.3, 0.4) is 0 Å². The summed E-state index contributed by atoms with van der Waals surface area (Å²) in [4.78, 5) is 24.1. The van der Waals surface area contributed by atoms with Gasteiger partial charge in [0.1, 0.15) is 23.3 Å². The van der Waals surface area contributed by atoms with Crippen LogP contribution in [-0.4, -0.2) is 19.9 Å². The molecule has 6 heteroatoms. The maximum absolute atomic E-state index is 12.7. The summed E-state index contributed by atoms with van der Waals surface area (Å²) in [7, 11) is 1.58. The van der Waals surface area contributed by atoms with Gasteiger partial charge in [-0.2, -0.15) is 0 Å². The van der Waals surface area contributed by atoms with E-state index in [1.165, 1.54) is 18.4 Å². The van der Waals surface area contributed by atoms with Gasteiger partial charge < -0.3 is 18.6 Å². The summed E-state index contributed by atoms with van der Waals surface area (Å²) < 4.78 is 20.4. The average molecular weight is 340 g/mol. The Hall–Kier alpha value is -3.28. The summed E-state index contributed by atoms with van der Waals surface area (Å²) in [6.45, 7) is 1.90. The molecule has 0 fully saturated rings. The lowest BCUT2D eigenvalue weighted by molar-refractivity contribution is 0.104. The molecule has 0 aliphatic heterocycles. The van der Waals surface area contributed by atoms with Gasteiger partial charge >= 0.3 is 6.16 Å². The lowest BCUT2D eigenvalue weighted by atomic mass is 10.1. The van der Waals surface area contributed by atoms with E-state index in [9.17, 15) is 9.59 Å². The van der Waals surface area contributed by atoms with E-state index in [4.69, 9.17) is 18.6 Å². The van der Waals surface area contributed by atoms with Gasteiger partial charge in [0, 0.05) is 6.07 Å². The van der Waals surface area contributed by atoms with E-state index in [0.717, 1.165) is 5.56 Å². The molecular formula is C19H16O6. The van der Waals surface area contributed by atoms with Gasteiger partial charge in [0.2, 0.25) is 0 Å². The van der Waals surface area contributed by atoms with Crippen molar-refractivity contribution < 1.29 is 23.4 Å². The van der Waals surface area contributed by atoms with E-state index in [1.54, 1.807) is 44.4 Å². The molecule has 0 bridgehead atoms. The van der Waals surface area contributed by atoms with Crippen molar-refractivity contribution in [3.05, 3.63) is 59.0 Å². The Labute approximate surface area is 143 Å². The Balaban J connectivity index is 1.97. The zero-order chi connectivity index (χ0) is 17.8. The van der Waals surface area contributed by atoms with Crippen molar-refractivity contribution in [2.24, 2.45) is 0 Å². The maximum Gasteiger partial charge on any atom is 0.513 e. The summed E-state index contributed by atoms with van der Waals surface area (Å²) in [6, 6.07) is 11.7. The normalized spacial score (nSPS) is 10.5. The van der Waals surface area contributed by atoms with Crippen LogP contribution in [0.4, 0.5) is 4.79 Å². The number of hydrogen-bond donors (Lipinski definition) is 0. The Morgan fingerprint density at radius 1 is 1.08 bits per heavy atom. The van der Waals surface area contributed by atoms with Crippen molar-refractivity contribution in [2.45, 2.75) is 6.92 Å². The Morgan fingerprint density at radius 2 is 1.80 bits per heavy atom. The predicted octanol–water partition coefficient (Wildman–Crippen LogP) is 4.00. The van der Waals surface area contributed by atoms with Gasteiger partial charge in [0.25, 0.3) is 0 Å². The molecule has 3 aromatic rings. The first-order valence-corrected chi connectivity index (χ1v) is 7.67. The number of benzene rings is 2. The number of hydrogen-bond acceptors (Lipinski definition) is 6. The maximum atomic E-state index is 12.7. The molecule has 0 unspecified atom stereocenters. The van der Waals surface area contributed by atoms with Gasteiger partial charge in [-0.1, -0.05) is 12.1 Å². The number of rotatable bonds is 4. The number of fused-ring (bicyclic) bond motifs is 1. The van der Waals surface area contributed by atoms with E-state index in [1.807, 2.05) is 0 Å². The minimum atomic E-state index is -0.806. The highest BCUT2D eigenvalue weighted by Gasteiger charge is 2.12. The molecule has 0 atom stereocenters. The molecule has 0 spiro atoms. The van der Waals surface area contributed by atoms with Crippen LogP contribution in [0.25, 0.3) is 22.1 Å². The van der Waals surface area contributed by atoms with Gasteiger partial charge in [-0.3, -0.25) is 4.79 Å². The Kier molecular flexibility index (Phi) is 4.70. The van der Waals surface area contributed by atoms with E-state index in [-0.39, 0.29) is 17.8 Å². The van der Waals surface area contributed by atoms with Crippen LogP contribution in [0, 0.1) is 0 Å². The van der Waals surface area contributed by atoms with Gasteiger partial charge in [-0.25, -0.2) is 4.79 Å². The van der Waals surface area contributed by atoms with Gasteiger partial charge in [-0.15, -0.1) is 0 Å². The van der Waals surface area contributed by atoms with Crippen molar-refractivity contribution >= 4 is 17.1 Å². The second-order valence-corrected chi connectivity index (χ2v) is 5.15. The number of carbonyl (C=O) groups is 1. The number of methoxy groups -OCH3 is 1. The van der Waals surface area contributed by atoms with Crippen molar-refractivity contribution in [3.63, 3.8) is 0 Å². The molecule has 1 aromatic heterocycles. The summed E-state index contributed by atoms with van der Waals surface area (Å²) in [5.41, 5.74) is 1.32. The van der Waals surface area contributed by atoms with Crippen LogP contribution in [-0.2, 0) is 4.74 Å². The first kappa shape index (κ1) is 16.6. The van der Waals surface area contributed by atoms with E-state index < -0.39 is 6.16 Å². The van der Waals surface area contributed by atoms with E-state index in [2.05, 4.69) is 0 Å². The monoisotopic (exact) mass is 340 g/mol. The smallest absolute Gasteiger partial charge is 0.497 e. The Morgan fingerprint density at radius 3 is 2.48 bits per heavy atom. The number of carbonyl (C=O) groups excluding carboxylic acids is 1. The number of ether oxygens (including phenoxy) is 3. The molecule has 0 aliphatic rings. The highest BCUT2D eigenvalue weighted by molar-refractivity contribution is 5.83.